The third kappa shape index (κ3) is 5.25. The first kappa shape index (κ1) is 19.8. The van der Waals surface area contributed by atoms with Crippen LogP contribution in [-0.2, 0) is 21.2 Å². The number of carbonyl (C=O) groups is 1. The minimum absolute atomic E-state index is 0.0474. The predicted molar refractivity (Wildman–Crippen MR) is 96.1 cm³/mol. The van der Waals surface area contributed by atoms with Crippen LogP contribution in [0.3, 0.4) is 0 Å². The normalized spacial score (nSPS) is 17.5. The van der Waals surface area contributed by atoms with Crippen molar-refractivity contribution in [3.05, 3.63) is 35.6 Å². The summed E-state index contributed by atoms with van der Waals surface area (Å²) in [6, 6.07) is 6.48. The van der Waals surface area contributed by atoms with Crippen molar-refractivity contribution < 1.29 is 17.6 Å². The first-order chi connectivity index (χ1) is 11.8. The van der Waals surface area contributed by atoms with Crippen LogP contribution in [-0.4, -0.2) is 55.5 Å². The summed E-state index contributed by atoms with van der Waals surface area (Å²) in [5.74, 6) is -0.510. The molecule has 1 aromatic rings. The number of hydrogen-bond acceptors (Lipinski definition) is 3. The van der Waals surface area contributed by atoms with Crippen LogP contribution in [0.15, 0.2) is 24.3 Å². The van der Waals surface area contributed by atoms with E-state index in [0.29, 0.717) is 44.6 Å². The van der Waals surface area contributed by atoms with Gasteiger partial charge in [0.25, 0.3) is 0 Å². The number of nitrogens with zero attached hydrogens (tertiary/aromatic N) is 2. The average molecular weight is 370 g/mol. The zero-order valence-electron chi connectivity index (χ0n) is 14.9. The van der Waals surface area contributed by atoms with Gasteiger partial charge in [-0.15, -0.1) is 0 Å². The van der Waals surface area contributed by atoms with Gasteiger partial charge in [0.1, 0.15) is 5.82 Å². The van der Waals surface area contributed by atoms with Crippen molar-refractivity contribution in [2.75, 3.05) is 31.9 Å². The Kier molecular flexibility index (Phi) is 6.95. The van der Waals surface area contributed by atoms with Gasteiger partial charge in [-0.3, -0.25) is 4.79 Å². The Balaban J connectivity index is 1.89. The lowest BCUT2D eigenvalue weighted by atomic mass is 9.99. The Morgan fingerprint density at radius 1 is 1.20 bits per heavy atom. The molecular formula is C18H27FN2O3S. The Morgan fingerprint density at radius 3 is 2.44 bits per heavy atom. The number of unbranched alkanes of at least 4 members (excludes halogenated alkanes) is 1. The number of hydrogen-bond donors (Lipinski definition) is 0. The van der Waals surface area contributed by atoms with Crippen LogP contribution in [0, 0.1) is 11.7 Å². The molecule has 1 aliphatic rings. The molecular weight excluding hydrogens is 343 g/mol. The average Bonchev–Trinajstić information content (AvgIpc) is 2.61. The molecule has 1 aliphatic heterocycles. The van der Waals surface area contributed by atoms with Gasteiger partial charge in [0.05, 0.1) is 5.75 Å². The third-order valence-corrected chi connectivity index (χ3v) is 6.56. The number of halogens is 1. The van der Waals surface area contributed by atoms with Gasteiger partial charge in [0.2, 0.25) is 15.9 Å². The molecule has 0 saturated carbocycles. The lowest BCUT2D eigenvalue weighted by Crippen LogP contribution is -2.52. The minimum atomic E-state index is -3.22. The summed E-state index contributed by atoms with van der Waals surface area (Å²) in [5, 5.41) is 0. The van der Waals surface area contributed by atoms with E-state index in [1.165, 1.54) is 10.4 Å². The molecule has 1 fully saturated rings. The van der Waals surface area contributed by atoms with E-state index in [1.54, 1.807) is 30.0 Å². The van der Waals surface area contributed by atoms with Gasteiger partial charge in [-0.2, -0.15) is 4.31 Å². The highest BCUT2D eigenvalue weighted by atomic mass is 32.2. The van der Waals surface area contributed by atoms with Crippen LogP contribution < -0.4 is 0 Å². The maximum absolute atomic E-state index is 13.7. The van der Waals surface area contributed by atoms with Crippen molar-refractivity contribution in [2.45, 2.75) is 33.1 Å². The predicted octanol–water partition coefficient (Wildman–Crippen LogP) is 2.28. The van der Waals surface area contributed by atoms with Gasteiger partial charge in [-0.05, 0) is 24.5 Å². The smallest absolute Gasteiger partial charge is 0.225 e. The van der Waals surface area contributed by atoms with Gasteiger partial charge in [-0.1, -0.05) is 38.5 Å². The van der Waals surface area contributed by atoms with E-state index in [-0.39, 0.29) is 23.4 Å². The lowest BCUT2D eigenvalue weighted by Gasteiger charge is -2.35. The summed E-state index contributed by atoms with van der Waals surface area (Å²) < 4.78 is 39.7. The molecule has 2 rings (SSSR count). The number of amides is 1. The Bertz CT molecular complexity index is 685. The highest BCUT2D eigenvalue weighted by Crippen LogP contribution is 2.17. The fourth-order valence-corrected chi connectivity index (χ4v) is 4.67. The molecule has 1 atom stereocenters. The summed E-state index contributed by atoms with van der Waals surface area (Å²) in [5.41, 5.74) is 0.532. The Morgan fingerprint density at radius 2 is 1.84 bits per heavy atom. The van der Waals surface area contributed by atoms with Crippen molar-refractivity contribution >= 4 is 15.9 Å². The second-order valence-electron chi connectivity index (χ2n) is 6.59. The molecule has 1 amide bonds. The molecule has 0 aromatic heterocycles. The maximum Gasteiger partial charge on any atom is 0.225 e. The SMILES string of the molecule is CCCCS(=O)(=O)N1CCN(C(=O)C(C)Cc2ccccc2F)CC1. The molecule has 5 nitrogen and oxygen atoms in total. The van der Waals surface area contributed by atoms with Crippen molar-refractivity contribution in [3.63, 3.8) is 0 Å². The Labute approximate surface area is 149 Å². The van der Waals surface area contributed by atoms with E-state index >= 15 is 0 Å². The monoisotopic (exact) mass is 370 g/mol. The number of piperazine rings is 1. The van der Waals surface area contributed by atoms with Crippen LogP contribution >= 0.6 is 0 Å². The molecule has 7 heteroatoms. The minimum Gasteiger partial charge on any atom is -0.340 e. The highest BCUT2D eigenvalue weighted by molar-refractivity contribution is 7.89. The van der Waals surface area contributed by atoms with Crippen molar-refractivity contribution in [1.82, 2.24) is 9.21 Å². The van der Waals surface area contributed by atoms with Gasteiger partial charge in [0, 0.05) is 32.1 Å². The fourth-order valence-electron chi connectivity index (χ4n) is 3.04. The largest absolute Gasteiger partial charge is 0.340 e. The van der Waals surface area contributed by atoms with Crippen LogP contribution in [0.25, 0.3) is 0 Å². The van der Waals surface area contributed by atoms with Crippen LogP contribution in [0.4, 0.5) is 4.39 Å². The van der Waals surface area contributed by atoms with E-state index in [0.717, 1.165) is 6.42 Å². The molecule has 0 radical (unpaired) electrons. The number of benzene rings is 1. The van der Waals surface area contributed by atoms with E-state index < -0.39 is 10.0 Å². The van der Waals surface area contributed by atoms with Crippen LogP contribution in [0.5, 0.6) is 0 Å². The zero-order chi connectivity index (χ0) is 18.4. The summed E-state index contributed by atoms with van der Waals surface area (Å²) in [7, 11) is -3.22. The number of rotatable bonds is 7. The lowest BCUT2D eigenvalue weighted by molar-refractivity contribution is -0.136. The van der Waals surface area contributed by atoms with Gasteiger partial charge < -0.3 is 4.90 Å². The number of sulfonamides is 1. The van der Waals surface area contributed by atoms with Crippen LogP contribution in [0.1, 0.15) is 32.3 Å². The molecule has 1 heterocycles. The highest BCUT2D eigenvalue weighted by Gasteiger charge is 2.30. The van der Waals surface area contributed by atoms with E-state index in [2.05, 4.69) is 0 Å². The summed E-state index contributed by atoms with van der Waals surface area (Å²) in [6.07, 6.45) is 1.84. The van der Waals surface area contributed by atoms with Crippen molar-refractivity contribution in [2.24, 2.45) is 5.92 Å². The summed E-state index contributed by atoms with van der Waals surface area (Å²) in [4.78, 5) is 14.3. The second-order valence-corrected chi connectivity index (χ2v) is 8.68. The quantitative estimate of drug-likeness (QED) is 0.740. The fraction of sp³-hybridized carbons (Fsp3) is 0.611. The summed E-state index contributed by atoms with van der Waals surface area (Å²) in [6.45, 7) is 5.22. The van der Waals surface area contributed by atoms with Crippen LogP contribution in [0.2, 0.25) is 0 Å². The Hall–Kier alpha value is -1.47. The molecule has 140 valence electrons. The summed E-state index contributed by atoms with van der Waals surface area (Å²) >= 11 is 0. The molecule has 0 bridgehead atoms. The third-order valence-electron chi connectivity index (χ3n) is 4.61. The molecule has 0 aliphatic carbocycles. The standard InChI is InChI=1S/C18H27FN2O3S/c1-3-4-13-25(23,24)21-11-9-20(10-12-21)18(22)15(2)14-16-7-5-6-8-17(16)19/h5-8,15H,3-4,9-14H2,1-2H3. The van der Waals surface area contributed by atoms with Gasteiger partial charge in [0.15, 0.2) is 0 Å². The maximum atomic E-state index is 13.7. The van der Waals surface area contributed by atoms with Gasteiger partial charge >= 0.3 is 0 Å². The molecule has 1 unspecified atom stereocenters. The number of carbonyl (C=O) groups excluding carboxylic acids is 1. The van der Waals surface area contributed by atoms with E-state index in [9.17, 15) is 17.6 Å². The first-order valence-corrected chi connectivity index (χ1v) is 10.5. The topological polar surface area (TPSA) is 57.7 Å². The zero-order valence-corrected chi connectivity index (χ0v) is 15.8. The first-order valence-electron chi connectivity index (χ1n) is 8.85. The molecule has 0 spiro atoms. The van der Waals surface area contributed by atoms with Crippen molar-refractivity contribution in [1.29, 1.82) is 0 Å². The van der Waals surface area contributed by atoms with E-state index in [4.69, 9.17) is 0 Å². The molecule has 25 heavy (non-hydrogen) atoms. The van der Waals surface area contributed by atoms with Crippen molar-refractivity contribution in [3.8, 4) is 0 Å². The molecule has 0 N–H and O–H groups in total. The van der Waals surface area contributed by atoms with Gasteiger partial charge in [-0.25, -0.2) is 12.8 Å². The molecule has 1 saturated heterocycles. The second kappa shape index (κ2) is 8.76. The molecule has 1 aromatic carbocycles. The van der Waals surface area contributed by atoms with E-state index in [1.807, 2.05) is 6.92 Å².